The molecular weight excluding hydrogens is 1450 g/mol. The Morgan fingerprint density at radius 2 is 0.417 bits per heavy atom. The van der Waals surface area contributed by atoms with Crippen molar-refractivity contribution in [1.82, 2.24) is 0 Å². The summed E-state index contributed by atoms with van der Waals surface area (Å²) in [7, 11) is 0. The Balaban J connectivity index is 2.03. The molecule has 0 unspecified atom stereocenters. The van der Waals surface area contributed by atoms with Crippen LogP contribution < -0.4 is 10.6 Å². The number of nitrogens with one attached hydrogen (secondary N) is 2. The third kappa shape index (κ3) is 16.5. The molecule has 3 aromatic rings. The fraction of sp³-hybridized carbons (Fsp3) is 0.500. The van der Waals surface area contributed by atoms with E-state index in [1.54, 1.807) is 10.6 Å². The summed E-state index contributed by atoms with van der Waals surface area (Å²) in [6, 6.07) is 3.02. The minimum Gasteiger partial charge on any atom is -0.462 e. The van der Waals surface area contributed by atoms with Crippen LogP contribution in [-0.2, 0) is 18.9 Å². The van der Waals surface area contributed by atoms with Gasteiger partial charge in [0.25, 0.3) is 11.8 Å². The summed E-state index contributed by atoms with van der Waals surface area (Å²) in [5.74, 6) is -97.2. The summed E-state index contributed by atoms with van der Waals surface area (Å²) in [5, 5.41) is 3.49. The van der Waals surface area contributed by atoms with Crippen LogP contribution in [-0.4, -0.2) is 158 Å². The first-order chi connectivity index (χ1) is 42.7. The summed E-state index contributed by atoms with van der Waals surface area (Å²) in [5.41, 5.74) is -9.53. The average Bonchev–Trinajstić information content (AvgIpc) is 0.766. The van der Waals surface area contributed by atoms with Crippen molar-refractivity contribution < 1.29 is 206 Å². The third-order valence-corrected chi connectivity index (χ3v) is 12.2. The summed E-state index contributed by atoms with van der Waals surface area (Å²) >= 11 is 0. The lowest BCUT2D eigenvalue weighted by Crippen LogP contribution is -2.61. The molecule has 48 heteroatoms. The molecule has 0 heterocycles. The number of esters is 4. The molecule has 0 saturated heterocycles. The van der Waals surface area contributed by atoms with E-state index in [0.29, 0.717) is 24.3 Å². The first kappa shape index (κ1) is 82.2. The number of anilines is 2. The topological polar surface area (TPSA) is 163 Å². The Hall–Kier alpha value is -8.04. The number of carbonyl (C=O) groups excluding carboxylic acids is 6. The molecule has 0 spiro atoms. The van der Waals surface area contributed by atoms with E-state index in [1.807, 2.05) is 0 Å². The molecule has 0 radical (unpaired) electrons. The predicted octanol–water partition coefficient (Wildman–Crippen LogP) is 16.3. The van der Waals surface area contributed by atoms with Crippen molar-refractivity contribution in [3.8, 4) is 0 Å². The molecule has 0 atom stereocenters. The number of hydrogen-bond acceptors (Lipinski definition) is 10. The standard InChI is InChI=1S/C48H28F36N2O10/c49-33(50,37(57,58)41(65,66)45(73,74)75)5-9-93-29(89)21-13-22(30(90)94-10-6-34(51,52)38(59,60)42(67,68)46(76,77)78)16-25(15-21)85-27(87)19-1-2-20(4-3-19)28(88)86-26-17-23(31(91)95-11-7-35(53,54)39(61,62)43(69,70)47(79,80)81)14-24(18-26)32(92)96-12-8-36(55,56)40(63,64)44(71,72)48(82,83)84/h1-4,13-18H,5-12H2,(H,85,87)(H,86,88). The van der Waals surface area contributed by atoms with E-state index in [4.69, 9.17) is 0 Å². The van der Waals surface area contributed by atoms with Gasteiger partial charge < -0.3 is 29.6 Å². The number of amides is 2. The molecule has 0 bridgehead atoms. The SMILES string of the molecule is O=C(Nc1cc(C(=O)OCCC(F)(F)C(F)(F)C(F)(F)C(F)(F)F)cc(C(=O)OCCC(F)(F)C(F)(F)C(F)(F)C(F)(F)F)c1)c1ccc(C(=O)Nc2cc(C(=O)OCCC(F)(F)C(F)(F)C(F)(F)C(F)(F)F)cc(C(=O)OCCC(F)(F)C(F)(F)C(F)(F)C(F)(F)F)c2)cc1. The van der Waals surface area contributed by atoms with Gasteiger partial charge in [-0.1, -0.05) is 0 Å². The lowest BCUT2D eigenvalue weighted by atomic mass is 10.0. The number of alkyl halides is 36. The molecule has 0 aliphatic rings. The largest absolute Gasteiger partial charge is 0.462 e. The monoisotopic (exact) mass is 1480 g/mol. The summed E-state index contributed by atoms with van der Waals surface area (Å²) in [6.45, 7) is -9.14. The zero-order valence-electron chi connectivity index (χ0n) is 45.1. The van der Waals surface area contributed by atoms with E-state index in [-0.39, 0.29) is 36.4 Å². The fourth-order valence-corrected chi connectivity index (χ4v) is 6.73. The highest BCUT2D eigenvalue weighted by atomic mass is 19.5. The molecule has 0 saturated carbocycles. The van der Waals surface area contributed by atoms with Crippen molar-refractivity contribution in [3.05, 3.63) is 94.0 Å². The summed E-state index contributed by atoms with van der Waals surface area (Å²) in [6.07, 6.45) is -41.1. The van der Waals surface area contributed by atoms with Gasteiger partial charge in [0.05, 0.1) is 74.4 Å². The maximum Gasteiger partial charge on any atom is 0.460 e. The van der Waals surface area contributed by atoms with Crippen LogP contribution in [0, 0.1) is 0 Å². The van der Waals surface area contributed by atoms with Crippen LogP contribution in [0.4, 0.5) is 169 Å². The van der Waals surface area contributed by atoms with Crippen LogP contribution >= 0.6 is 0 Å². The van der Waals surface area contributed by atoms with Crippen LogP contribution in [0.3, 0.4) is 0 Å². The van der Waals surface area contributed by atoms with Gasteiger partial charge in [-0.25, -0.2) is 19.2 Å². The van der Waals surface area contributed by atoms with Crippen LogP contribution in [0.2, 0.25) is 0 Å². The van der Waals surface area contributed by atoms with Gasteiger partial charge in [-0.2, -0.15) is 158 Å². The van der Waals surface area contributed by atoms with Crippen molar-refractivity contribution in [2.75, 3.05) is 37.1 Å². The Morgan fingerprint density at radius 3 is 0.573 bits per heavy atom. The fourth-order valence-electron chi connectivity index (χ4n) is 6.73. The molecule has 0 aromatic heterocycles. The van der Waals surface area contributed by atoms with Gasteiger partial charge in [0, 0.05) is 22.5 Å². The quantitative estimate of drug-likeness (QED) is 0.0406. The highest BCUT2D eigenvalue weighted by Gasteiger charge is 2.84. The highest BCUT2D eigenvalue weighted by molar-refractivity contribution is 6.09. The zero-order chi connectivity index (χ0) is 75.1. The first-order valence-corrected chi connectivity index (χ1v) is 24.2. The second-order valence-corrected chi connectivity index (χ2v) is 19.0. The van der Waals surface area contributed by atoms with Gasteiger partial charge in [0.15, 0.2) is 0 Å². The van der Waals surface area contributed by atoms with Gasteiger partial charge in [0.2, 0.25) is 0 Å². The van der Waals surface area contributed by atoms with Crippen molar-refractivity contribution in [1.29, 1.82) is 0 Å². The molecule has 2 N–H and O–H groups in total. The molecule has 542 valence electrons. The average molecular weight is 1480 g/mol. The van der Waals surface area contributed by atoms with E-state index in [0.717, 1.165) is 0 Å². The van der Waals surface area contributed by atoms with Crippen LogP contribution in [0.1, 0.15) is 87.8 Å². The van der Waals surface area contributed by atoms with Crippen LogP contribution in [0.25, 0.3) is 0 Å². The molecular formula is C48H28F36N2O10. The van der Waals surface area contributed by atoms with Crippen LogP contribution in [0.15, 0.2) is 60.7 Å². The summed E-state index contributed by atoms with van der Waals surface area (Å²) in [4.78, 5) is 77.9. The van der Waals surface area contributed by atoms with Crippen LogP contribution in [0.5, 0.6) is 0 Å². The maximum absolute atomic E-state index is 14.1. The van der Waals surface area contributed by atoms with Crippen molar-refractivity contribution in [2.45, 2.75) is 121 Å². The molecule has 2 amide bonds. The van der Waals surface area contributed by atoms with E-state index in [9.17, 15) is 187 Å². The highest BCUT2D eigenvalue weighted by Crippen LogP contribution is 2.58. The normalized spacial score (nSPS) is 14.2. The number of benzene rings is 3. The van der Waals surface area contributed by atoms with Crippen molar-refractivity contribution in [3.63, 3.8) is 0 Å². The molecule has 0 aliphatic carbocycles. The third-order valence-electron chi connectivity index (χ3n) is 12.2. The Morgan fingerprint density at radius 1 is 0.250 bits per heavy atom. The Kier molecular flexibility index (Phi) is 23.2. The Bertz CT molecular complexity index is 2950. The van der Waals surface area contributed by atoms with Gasteiger partial charge in [-0.3, -0.25) is 9.59 Å². The zero-order valence-corrected chi connectivity index (χ0v) is 45.1. The maximum atomic E-state index is 14.1. The van der Waals surface area contributed by atoms with E-state index in [2.05, 4.69) is 18.9 Å². The molecule has 0 fully saturated rings. The van der Waals surface area contributed by atoms with Gasteiger partial charge in [-0.15, -0.1) is 0 Å². The van der Waals surface area contributed by atoms with E-state index >= 15 is 0 Å². The summed E-state index contributed by atoms with van der Waals surface area (Å²) < 4.78 is 497. The predicted molar refractivity (Wildman–Crippen MR) is 238 cm³/mol. The van der Waals surface area contributed by atoms with Crippen molar-refractivity contribution in [2.24, 2.45) is 0 Å². The number of ether oxygens (including phenoxy) is 4. The second kappa shape index (κ2) is 27.1. The molecule has 96 heavy (non-hydrogen) atoms. The number of halogens is 36. The number of rotatable bonds is 28. The van der Waals surface area contributed by atoms with E-state index < -0.39 is 228 Å². The van der Waals surface area contributed by atoms with Gasteiger partial charge in [0.1, 0.15) is 0 Å². The van der Waals surface area contributed by atoms with Gasteiger partial charge >= 0.3 is 120 Å². The lowest BCUT2D eigenvalue weighted by molar-refractivity contribution is -0.397. The molecule has 0 aliphatic heterocycles. The minimum absolute atomic E-state index is 0.0271. The Labute approximate surface area is 505 Å². The van der Waals surface area contributed by atoms with Gasteiger partial charge in [-0.05, 0) is 60.7 Å². The smallest absolute Gasteiger partial charge is 0.460 e. The van der Waals surface area contributed by atoms with E-state index in [1.165, 1.54) is 0 Å². The number of hydrogen-bond donors (Lipinski definition) is 2. The first-order valence-electron chi connectivity index (χ1n) is 24.2. The number of carbonyl (C=O) groups is 6. The minimum atomic E-state index is -7.48. The van der Waals surface area contributed by atoms with Crippen molar-refractivity contribution >= 4 is 47.1 Å². The lowest BCUT2D eigenvalue weighted by Gasteiger charge is -2.33. The second-order valence-electron chi connectivity index (χ2n) is 19.0. The molecule has 12 nitrogen and oxygen atoms in total. The molecule has 3 aromatic carbocycles. The molecule has 3 rings (SSSR count).